The zero-order valence-electron chi connectivity index (χ0n) is 13.5. The van der Waals surface area contributed by atoms with Crippen LogP contribution in [0, 0.1) is 9.49 Å². The van der Waals surface area contributed by atoms with E-state index < -0.39 is 0 Å². The predicted octanol–water partition coefficient (Wildman–Crippen LogP) is 3.28. The minimum Gasteiger partial charge on any atom is -0.449 e. The molecule has 0 spiro atoms. The standard InChI is InChI=1S/C17H23IN2O3/c1-12(2)11-23-17(22)20-9-7-13(8-10-20)19-16(21)14-5-3-4-6-15(14)18/h3-6,12-13H,7-11H2,1-2H3,(H,19,21). The molecule has 1 aliphatic heterocycles. The number of carbonyl (C=O) groups is 2. The minimum absolute atomic E-state index is 0.0455. The Hall–Kier alpha value is -1.31. The van der Waals surface area contributed by atoms with Gasteiger partial charge in [0.25, 0.3) is 5.91 Å². The largest absolute Gasteiger partial charge is 0.449 e. The van der Waals surface area contributed by atoms with Crippen molar-refractivity contribution in [3.8, 4) is 0 Å². The zero-order chi connectivity index (χ0) is 16.8. The maximum absolute atomic E-state index is 12.3. The Labute approximate surface area is 150 Å². The average molecular weight is 430 g/mol. The van der Waals surface area contributed by atoms with Crippen LogP contribution in [0.1, 0.15) is 37.0 Å². The molecule has 0 atom stereocenters. The number of likely N-dealkylation sites (tertiary alicyclic amines) is 1. The summed E-state index contributed by atoms with van der Waals surface area (Å²) in [6, 6.07) is 7.63. The topological polar surface area (TPSA) is 58.6 Å². The van der Waals surface area contributed by atoms with E-state index in [0.29, 0.717) is 31.2 Å². The van der Waals surface area contributed by atoms with E-state index in [-0.39, 0.29) is 18.0 Å². The van der Waals surface area contributed by atoms with Gasteiger partial charge in [0.05, 0.1) is 12.2 Å². The summed E-state index contributed by atoms with van der Waals surface area (Å²) in [5, 5.41) is 3.06. The Morgan fingerprint density at radius 2 is 1.96 bits per heavy atom. The van der Waals surface area contributed by atoms with E-state index in [1.807, 2.05) is 38.1 Å². The second-order valence-corrected chi connectivity index (χ2v) is 7.35. The van der Waals surface area contributed by atoms with Gasteiger partial charge < -0.3 is 15.0 Å². The molecule has 0 saturated carbocycles. The van der Waals surface area contributed by atoms with Crippen LogP contribution in [0.25, 0.3) is 0 Å². The first-order valence-electron chi connectivity index (χ1n) is 7.94. The second-order valence-electron chi connectivity index (χ2n) is 6.19. The zero-order valence-corrected chi connectivity index (χ0v) is 15.7. The summed E-state index contributed by atoms with van der Waals surface area (Å²) in [5.41, 5.74) is 0.701. The van der Waals surface area contributed by atoms with Gasteiger partial charge in [0.2, 0.25) is 0 Å². The Kier molecular flexibility index (Phi) is 6.68. The molecule has 1 aromatic rings. The van der Waals surface area contributed by atoms with Gasteiger partial charge in [-0.25, -0.2) is 4.79 Å². The number of halogens is 1. The van der Waals surface area contributed by atoms with Gasteiger partial charge in [-0.1, -0.05) is 26.0 Å². The van der Waals surface area contributed by atoms with Crippen LogP contribution in [-0.4, -0.2) is 42.6 Å². The quantitative estimate of drug-likeness (QED) is 0.747. The van der Waals surface area contributed by atoms with Crippen LogP contribution in [-0.2, 0) is 4.74 Å². The van der Waals surface area contributed by atoms with E-state index in [2.05, 4.69) is 27.9 Å². The summed E-state index contributed by atoms with van der Waals surface area (Å²) in [6.07, 6.45) is 1.26. The van der Waals surface area contributed by atoms with Crippen molar-refractivity contribution in [1.29, 1.82) is 0 Å². The van der Waals surface area contributed by atoms with Gasteiger partial charge >= 0.3 is 6.09 Å². The Bertz CT molecular complexity index is 555. The highest BCUT2D eigenvalue weighted by molar-refractivity contribution is 14.1. The highest BCUT2D eigenvalue weighted by Crippen LogP contribution is 2.15. The number of hydrogen-bond donors (Lipinski definition) is 1. The van der Waals surface area contributed by atoms with Gasteiger partial charge in [0.1, 0.15) is 0 Å². The van der Waals surface area contributed by atoms with Crippen LogP contribution in [0.2, 0.25) is 0 Å². The summed E-state index contributed by atoms with van der Waals surface area (Å²) in [4.78, 5) is 25.9. The molecule has 1 fully saturated rings. The normalized spacial score (nSPS) is 15.6. The molecular formula is C17H23IN2O3. The fourth-order valence-corrected chi connectivity index (χ4v) is 3.08. The van der Waals surface area contributed by atoms with E-state index in [9.17, 15) is 9.59 Å². The van der Waals surface area contributed by atoms with Crippen LogP contribution >= 0.6 is 22.6 Å². The molecule has 1 aliphatic rings. The van der Waals surface area contributed by atoms with Crippen molar-refractivity contribution in [2.75, 3.05) is 19.7 Å². The predicted molar refractivity (Wildman–Crippen MR) is 97.4 cm³/mol. The lowest BCUT2D eigenvalue weighted by Gasteiger charge is -2.32. The molecule has 1 N–H and O–H groups in total. The third kappa shape index (κ3) is 5.37. The molecular weight excluding hydrogens is 407 g/mol. The molecule has 126 valence electrons. The molecule has 6 heteroatoms. The summed E-state index contributed by atoms with van der Waals surface area (Å²) < 4.78 is 6.18. The summed E-state index contributed by atoms with van der Waals surface area (Å²) in [5.74, 6) is 0.292. The molecule has 1 saturated heterocycles. The number of rotatable bonds is 4. The summed E-state index contributed by atoms with van der Waals surface area (Å²) in [7, 11) is 0. The third-order valence-corrected chi connectivity index (χ3v) is 4.69. The second kappa shape index (κ2) is 8.52. The molecule has 1 aromatic carbocycles. The lowest BCUT2D eigenvalue weighted by atomic mass is 10.0. The van der Waals surface area contributed by atoms with E-state index in [4.69, 9.17) is 4.74 Å². The lowest BCUT2D eigenvalue weighted by molar-refractivity contribution is 0.0785. The monoisotopic (exact) mass is 430 g/mol. The fourth-order valence-electron chi connectivity index (χ4n) is 2.44. The first kappa shape index (κ1) is 18.0. The molecule has 0 aliphatic carbocycles. The van der Waals surface area contributed by atoms with Crippen molar-refractivity contribution in [3.05, 3.63) is 33.4 Å². The first-order valence-corrected chi connectivity index (χ1v) is 9.02. The molecule has 2 amide bonds. The number of nitrogens with zero attached hydrogens (tertiary/aromatic N) is 1. The van der Waals surface area contributed by atoms with Gasteiger partial charge in [0, 0.05) is 22.7 Å². The van der Waals surface area contributed by atoms with Crippen LogP contribution in [0.5, 0.6) is 0 Å². The molecule has 0 unspecified atom stereocenters. The van der Waals surface area contributed by atoms with Crippen LogP contribution in [0.15, 0.2) is 24.3 Å². The number of hydrogen-bond acceptors (Lipinski definition) is 3. The molecule has 0 bridgehead atoms. The van der Waals surface area contributed by atoms with E-state index in [1.54, 1.807) is 4.90 Å². The van der Waals surface area contributed by atoms with Gasteiger partial charge in [-0.3, -0.25) is 4.79 Å². The molecule has 1 heterocycles. The van der Waals surface area contributed by atoms with Gasteiger partial charge in [-0.2, -0.15) is 0 Å². The molecule has 0 radical (unpaired) electrons. The van der Waals surface area contributed by atoms with Crippen molar-refractivity contribution in [3.63, 3.8) is 0 Å². The highest BCUT2D eigenvalue weighted by atomic mass is 127. The maximum Gasteiger partial charge on any atom is 0.409 e. The van der Waals surface area contributed by atoms with Gasteiger partial charge in [-0.15, -0.1) is 0 Å². The van der Waals surface area contributed by atoms with Crippen molar-refractivity contribution in [2.45, 2.75) is 32.7 Å². The molecule has 23 heavy (non-hydrogen) atoms. The van der Waals surface area contributed by atoms with Crippen LogP contribution < -0.4 is 5.32 Å². The van der Waals surface area contributed by atoms with Crippen LogP contribution in [0.4, 0.5) is 4.79 Å². The Balaban J connectivity index is 1.80. The number of nitrogens with one attached hydrogen (secondary N) is 1. The molecule has 2 rings (SSSR count). The fraction of sp³-hybridized carbons (Fsp3) is 0.529. The van der Waals surface area contributed by atoms with E-state index >= 15 is 0 Å². The first-order chi connectivity index (χ1) is 11.0. The summed E-state index contributed by atoms with van der Waals surface area (Å²) >= 11 is 2.17. The van der Waals surface area contributed by atoms with Crippen molar-refractivity contribution < 1.29 is 14.3 Å². The van der Waals surface area contributed by atoms with E-state index in [0.717, 1.165) is 16.4 Å². The number of benzene rings is 1. The number of carbonyl (C=O) groups excluding carboxylic acids is 2. The minimum atomic E-state index is -0.249. The molecule has 5 nitrogen and oxygen atoms in total. The Morgan fingerprint density at radius 3 is 2.57 bits per heavy atom. The van der Waals surface area contributed by atoms with E-state index in [1.165, 1.54) is 0 Å². The van der Waals surface area contributed by atoms with Crippen molar-refractivity contribution >= 4 is 34.6 Å². The highest BCUT2D eigenvalue weighted by Gasteiger charge is 2.25. The number of piperidine rings is 1. The maximum atomic E-state index is 12.3. The van der Waals surface area contributed by atoms with Crippen LogP contribution in [0.3, 0.4) is 0 Å². The SMILES string of the molecule is CC(C)COC(=O)N1CCC(NC(=O)c2ccccc2I)CC1. The van der Waals surface area contributed by atoms with Gasteiger partial charge in [-0.05, 0) is 53.5 Å². The number of amides is 2. The third-order valence-electron chi connectivity index (χ3n) is 3.75. The lowest BCUT2D eigenvalue weighted by Crippen LogP contribution is -2.47. The Morgan fingerprint density at radius 1 is 1.30 bits per heavy atom. The number of ether oxygens (including phenoxy) is 1. The smallest absolute Gasteiger partial charge is 0.409 e. The molecule has 0 aromatic heterocycles. The van der Waals surface area contributed by atoms with Crippen molar-refractivity contribution in [2.24, 2.45) is 5.92 Å². The average Bonchev–Trinajstić information content (AvgIpc) is 2.53. The van der Waals surface area contributed by atoms with Gasteiger partial charge in [0.15, 0.2) is 0 Å². The summed E-state index contributed by atoms with van der Waals surface area (Å²) in [6.45, 7) is 5.71. The van der Waals surface area contributed by atoms with Crippen molar-refractivity contribution in [1.82, 2.24) is 10.2 Å².